The number of hydrogen-bond acceptors (Lipinski definition) is 18. The van der Waals surface area contributed by atoms with Crippen molar-refractivity contribution in [3.63, 3.8) is 0 Å². The van der Waals surface area contributed by atoms with E-state index < -0.39 is 93.2 Å². The Morgan fingerprint density at radius 2 is 0.504 bits per heavy atom. The first-order chi connectivity index (χ1) is 57.7. The number of alkyl carbamates (subject to hydrolysis) is 3. The highest BCUT2D eigenvalue weighted by molar-refractivity contribution is 6.14. The fourth-order valence-electron chi connectivity index (χ4n) is 15.8. The van der Waals surface area contributed by atoms with E-state index in [0.29, 0.717) is 36.0 Å². The van der Waals surface area contributed by atoms with Gasteiger partial charge in [0.05, 0.1) is 0 Å². The normalized spacial score (nSPS) is 14.3. The number of rotatable bonds is 33. The van der Waals surface area contributed by atoms with Gasteiger partial charge in [-0.15, -0.1) is 0 Å². The maximum atomic E-state index is 14.9. The van der Waals surface area contributed by atoms with Gasteiger partial charge in [-0.25, -0.2) is 28.8 Å². The van der Waals surface area contributed by atoms with Crippen LogP contribution < -0.4 is 49.1 Å². The Morgan fingerprint density at radius 3 is 0.711 bits per heavy atom. The van der Waals surface area contributed by atoms with E-state index in [0.717, 1.165) is 66.8 Å². The number of unbranched alkanes of at least 4 members (excludes halogenated alkanes) is 3. The molecular formula is C97H109N9O15. The zero-order valence-corrected chi connectivity index (χ0v) is 70.1. The molecule has 6 amide bonds. The summed E-state index contributed by atoms with van der Waals surface area (Å²) in [5.74, 6) is -6.99. The average molecular weight is 1640 g/mol. The van der Waals surface area contributed by atoms with E-state index in [1.165, 1.54) is 0 Å². The molecule has 632 valence electrons. The zero-order valence-electron chi connectivity index (χ0n) is 70.1. The molecule has 0 bridgehead atoms. The van der Waals surface area contributed by atoms with E-state index >= 15 is 0 Å². The second-order valence-corrected chi connectivity index (χ2v) is 34.2. The van der Waals surface area contributed by atoms with E-state index in [9.17, 15) is 43.2 Å². The molecule has 0 saturated carbocycles. The molecule has 0 heterocycles. The molecule has 0 aliphatic heterocycles. The van der Waals surface area contributed by atoms with Crippen molar-refractivity contribution in [2.75, 3.05) is 55.4 Å². The minimum Gasteiger partial charge on any atom is -0.463 e. The minimum atomic E-state index is -2.22. The number of benzene rings is 9. The Bertz CT molecular complexity index is 4620. The lowest BCUT2D eigenvalue weighted by molar-refractivity contribution is -0.155. The molecule has 121 heavy (non-hydrogen) atoms. The van der Waals surface area contributed by atoms with Crippen molar-refractivity contribution in [2.24, 2.45) is 17.2 Å². The van der Waals surface area contributed by atoms with Crippen LogP contribution in [0.15, 0.2) is 218 Å². The highest BCUT2D eigenvalue weighted by Crippen LogP contribution is 2.48. The third kappa shape index (κ3) is 21.4. The van der Waals surface area contributed by atoms with Crippen molar-refractivity contribution in [1.29, 1.82) is 0 Å². The smallest absolute Gasteiger partial charge is 0.407 e. The summed E-state index contributed by atoms with van der Waals surface area (Å²) in [5.41, 5.74) is 26.9. The molecule has 24 nitrogen and oxygen atoms in total. The predicted molar refractivity (Wildman–Crippen MR) is 465 cm³/mol. The van der Waals surface area contributed by atoms with Crippen LogP contribution in [0.25, 0.3) is 33.4 Å². The number of nitrogens with two attached hydrogens (primary N) is 3. The van der Waals surface area contributed by atoms with Gasteiger partial charge >= 0.3 is 36.2 Å². The van der Waals surface area contributed by atoms with Gasteiger partial charge in [-0.3, -0.25) is 14.4 Å². The van der Waals surface area contributed by atoms with Gasteiger partial charge in [0, 0.05) is 60.4 Å². The molecule has 0 unspecified atom stereocenters. The maximum Gasteiger partial charge on any atom is 0.407 e. The first-order valence-corrected chi connectivity index (χ1v) is 41.3. The van der Waals surface area contributed by atoms with Crippen LogP contribution in [-0.4, -0.2) is 127 Å². The van der Waals surface area contributed by atoms with Crippen molar-refractivity contribution < 1.29 is 71.6 Å². The summed E-state index contributed by atoms with van der Waals surface area (Å²) in [6.45, 7) is 16.0. The van der Waals surface area contributed by atoms with Crippen LogP contribution in [0.5, 0.6) is 0 Å². The van der Waals surface area contributed by atoms with Crippen LogP contribution in [0.2, 0.25) is 0 Å². The number of carbonyl (C=O) groups excluding carboxylic acids is 9. The summed E-state index contributed by atoms with van der Waals surface area (Å²) >= 11 is 0. The molecule has 0 saturated heterocycles. The Labute approximate surface area is 706 Å². The lowest BCUT2D eigenvalue weighted by Gasteiger charge is -2.28. The number of hydrogen-bond donors (Lipinski definition) is 9. The van der Waals surface area contributed by atoms with Crippen molar-refractivity contribution in [3.05, 3.63) is 268 Å². The molecule has 12 rings (SSSR count). The number of esters is 3. The third-order valence-corrected chi connectivity index (χ3v) is 21.8. The molecule has 3 atom stereocenters. The molecule has 9 aromatic rings. The fourth-order valence-corrected chi connectivity index (χ4v) is 15.8. The lowest BCUT2D eigenvalue weighted by atomic mass is 9.84. The number of nitrogens with one attached hydrogen (secondary N) is 6. The number of amides is 6. The number of anilines is 3. The Morgan fingerprint density at radius 1 is 0.298 bits per heavy atom. The van der Waals surface area contributed by atoms with Crippen LogP contribution in [0.1, 0.15) is 194 Å². The van der Waals surface area contributed by atoms with E-state index in [2.05, 4.69) is 31.9 Å². The lowest BCUT2D eigenvalue weighted by Crippen LogP contribution is -2.58. The maximum absolute atomic E-state index is 14.9. The van der Waals surface area contributed by atoms with Crippen molar-refractivity contribution in [3.8, 4) is 33.4 Å². The highest BCUT2D eigenvalue weighted by Gasteiger charge is 2.48. The first kappa shape index (κ1) is 87.8. The Balaban J connectivity index is 0.817. The summed E-state index contributed by atoms with van der Waals surface area (Å²) in [7, 11) is 0. The van der Waals surface area contributed by atoms with Gasteiger partial charge in [0.15, 0.2) is 16.6 Å². The van der Waals surface area contributed by atoms with Gasteiger partial charge < -0.3 is 77.5 Å². The van der Waals surface area contributed by atoms with E-state index in [4.69, 9.17) is 45.6 Å². The fraction of sp³-hybridized carbons (Fsp3) is 0.351. The first-order valence-electron chi connectivity index (χ1n) is 41.3. The SMILES string of the molecule is CC(C)(C)OC(=O)NCCCC[C@](N)(C(=O)Nc1ccc(C(c2ccc(NC(=O)[C@@](N)(CCCCNC(=O)OC(C)(C)C)C(=O)OCC3c4ccccc4-c4ccccc43)cc2)c2ccc(NC(=O)[C@@](N)(CCCCNC(=O)OC(C)(C)C)C(=O)OCC3c4ccccc4-c4ccccc43)cc2)cc1)C(=O)OCC1c2ccccc2-c2ccccc21. The summed E-state index contributed by atoms with van der Waals surface area (Å²) in [6.07, 6.45) is -0.671. The van der Waals surface area contributed by atoms with Crippen molar-refractivity contribution >= 4 is 71.0 Å². The zero-order chi connectivity index (χ0) is 86.4. The number of ether oxygens (including phenoxy) is 6. The monoisotopic (exact) mass is 1640 g/mol. The van der Waals surface area contributed by atoms with Crippen LogP contribution in [0.3, 0.4) is 0 Å². The van der Waals surface area contributed by atoms with Gasteiger partial charge in [-0.05, 0) is 240 Å². The molecule has 12 N–H and O–H groups in total. The molecule has 0 fully saturated rings. The molecule has 9 aromatic carbocycles. The second kappa shape index (κ2) is 37.8. The highest BCUT2D eigenvalue weighted by atomic mass is 16.6. The van der Waals surface area contributed by atoms with Gasteiger partial charge in [0.1, 0.15) is 36.6 Å². The van der Waals surface area contributed by atoms with E-state index in [1.54, 1.807) is 135 Å². The quantitative estimate of drug-likeness (QED) is 0.00606. The molecule has 0 spiro atoms. The molecule has 0 radical (unpaired) electrons. The largest absolute Gasteiger partial charge is 0.463 e. The topological polar surface area (TPSA) is 359 Å². The molecule has 3 aliphatic rings. The summed E-state index contributed by atoms with van der Waals surface area (Å²) < 4.78 is 34.6. The van der Waals surface area contributed by atoms with Crippen LogP contribution >= 0.6 is 0 Å². The average Bonchev–Trinajstić information content (AvgIpc) is 1.62. The van der Waals surface area contributed by atoms with E-state index in [1.807, 2.05) is 146 Å². The Kier molecular flexibility index (Phi) is 27.5. The van der Waals surface area contributed by atoms with Crippen LogP contribution in [0.4, 0.5) is 31.4 Å². The van der Waals surface area contributed by atoms with E-state index in [-0.39, 0.29) is 113 Å². The standard InChI is InChI=1S/C97H109N9O15/c1-92(2,3)119-89(113)101-55-25-22-52-95(98,86(110)116-58-79-73-34-16-10-28-67(73)68-29-11-17-35-74(68)79)83(107)104-64-46-40-61(41-47-64)82(62-42-48-65(49-43-62)105-84(108)96(99,53-23-26-56-102-90(114)120-93(4,5)6)87(111)117-59-80-75-36-18-12-30-69(75)70-31-13-19-37-76(70)80)63-44-50-66(51-45-63)106-85(109)97(100,54-24-27-57-103-91(115)121-94(7,8)9)88(112)118-60-81-77-38-20-14-32-71(77)72-33-15-21-39-78(72)81/h10-21,28-51,79-82H,22-27,52-60,98-100H2,1-9H3,(H,101,113)(H,102,114)(H,103,115)(H,104,107)(H,105,108)(H,106,109)/t95-,96-,97-/m0/s1. The second-order valence-electron chi connectivity index (χ2n) is 34.2. The predicted octanol–water partition coefficient (Wildman–Crippen LogP) is 15.9. The summed E-state index contributed by atoms with van der Waals surface area (Å²) in [4.78, 5) is 127. The van der Waals surface area contributed by atoms with Crippen LogP contribution in [0, 0.1) is 0 Å². The van der Waals surface area contributed by atoms with Crippen molar-refractivity contribution in [2.45, 2.75) is 177 Å². The number of carbonyl (C=O) groups is 9. The Hall–Kier alpha value is -12.5. The van der Waals surface area contributed by atoms with Gasteiger partial charge in [-0.1, -0.05) is 182 Å². The molecular weight excluding hydrogens is 1530 g/mol. The van der Waals surface area contributed by atoms with Crippen molar-refractivity contribution in [1.82, 2.24) is 16.0 Å². The summed E-state index contributed by atoms with van der Waals surface area (Å²) in [5, 5.41) is 16.9. The molecule has 0 aromatic heterocycles. The van der Waals surface area contributed by atoms with Gasteiger partial charge in [-0.2, -0.15) is 0 Å². The third-order valence-electron chi connectivity index (χ3n) is 21.8. The minimum absolute atomic E-state index is 0.101. The molecule has 3 aliphatic carbocycles. The van der Waals surface area contributed by atoms with Crippen LogP contribution in [-0.2, 0) is 57.2 Å². The number of fused-ring (bicyclic) bond motifs is 9. The van der Waals surface area contributed by atoms with Gasteiger partial charge in [0.25, 0.3) is 17.7 Å². The summed E-state index contributed by atoms with van der Waals surface area (Å²) in [6, 6.07) is 68.1. The molecule has 24 heteroatoms. The van der Waals surface area contributed by atoms with Gasteiger partial charge in [0.2, 0.25) is 0 Å².